The molecule has 1 N–H and O–H groups in total. The normalized spacial score (nSPS) is 9.80. The molecule has 0 saturated heterocycles. The third-order valence-corrected chi connectivity index (χ3v) is 2.74. The molecule has 0 spiro atoms. The number of nitrogens with zero attached hydrogens (tertiary/aromatic N) is 1. The summed E-state index contributed by atoms with van der Waals surface area (Å²) in [5, 5.41) is 1.55. The zero-order chi connectivity index (χ0) is 15.0. The lowest BCUT2D eigenvalue weighted by Gasteiger charge is -2.22. The van der Waals surface area contributed by atoms with Gasteiger partial charge in [0, 0.05) is 13.1 Å². The molecule has 0 fully saturated rings. The summed E-state index contributed by atoms with van der Waals surface area (Å²) >= 11 is 0. The van der Waals surface area contributed by atoms with Gasteiger partial charge in [-0.1, -0.05) is 13.3 Å². The zero-order valence-corrected chi connectivity index (χ0v) is 12.4. The molecule has 0 radical (unpaired) electrons. The van der Waals surface area contributed by atoms with Gasteiger partial charge < -0.3 is 14.2 Å². The molecule has 6 heteroatoms. The Hall–Kier alpha value is -2.11. The van der Waals surface area contributed by atoms with E-state index >= 15 is 0 Å². The number of hydrogen-bond donors (Lipinski definition) is 1. The number of anilines is 1. The molecule has 6 nitrogen and oxygen atoms in total. The van der Waals surface area contributed by atoms with Gasteiger partial charge in [-0.05, 0) is 18.6 Å². The average Bonchev–Trinajstić information content (AvgIpc) is 2.46. The van der Waals surface area contributed by atoms with E-state index in [1.165, 1.54) is 0 Å². The summed E-state index contributed by atoms with van der Waals surface area (Å²) in [6, 6.07) is 5.33. The molecule has 1 amide bonds. The lowest BCUT2D eigenvalue weighted by Crippen LogP contribution is -2.40. The van der Waals surface area contributed by atoms with Crippen LogP contribution in [0.1, 0.15) is 19.8 Å². The van der Waals surface area contributed by atoms with E-state index in [-0.39, 0.29) is 0 Å². The Morgan fingerprint density at radius 3 is 2.65 bits per heavy atom. The minimum atomic E-state index is -0.487. The second-order valence-electron chi connectivity index (χ2n) is 4.20. The maximum absolute atomic E-state index is 11.6. The number of nitrogens with one attached hydrogen (secondary N) is 1. The van der Waals surface area contributed by atoms with Crippen LogP contribution < -0.4 is 19.9 Å². The van der Waals surface area contributed by atoms with E-state index in [4.69, 9.17) is 14.2 Å². The maximum atomic E-state index is 11.6. The molecule has 0 atom stereocenters. The lowest BCUT2D eigenvalue weighted by atomic mass is 10.2. The molecule has 0 heterocycles. The molecule has 20 heavy (non-hydrogen) atoms. The zero-order valence-electron chi connectivity index (χ0n) is 12.4. The van der Waals surface area contributed by atoms with Crippen LogP contribution in [0.15, 0.2) is 18.2 Å². The molecule has 0 unspecified atom stereocenters. The van der Waals surface area contributed by atoms with Crippen molar-refractivity contribution in [2.75, 3.05) is 32.9 Å². The SMILES string of the molecule is CCCCOC(=O)NN(C)c1ccc(OC)cc1OC. The number of hydrazine groups is 1. The highest BCUT2D eigenvalue weighted by atomic mass is 16.6. The summed E-state index contributed by atoms with van der Waals surface area (Å²) in [6.07, 6.45) is 1.34. The lowest BCUT2D eigenvalue weighted by molar-refractivity contribution is 0.144. The van der Waals surface area contributed by atoms with Gasteiger partial charge >= 0.3 is 6.09 Å². The first-order valence-electron chi connectivity index (χ1n) is 6.51. The molecular weight excluding hydrogens is 260 g/mol. The van der Waals surface area contributed by atoms with Gasteiger partial charge in [0.2, 0.25) is 0 Å². The number of methoxy groups -OCH3 is 2. The van der Waals surface area contributed by atoms with E-state index in [2.05, 4.69) is 5.43 Å². The molecule has 1 aromatic rings. The number of benzene rings is 1. The number of rotatable bonds is 7. The van der Waals surface area contributed by atoms with Crippen LogP contribution in [0.4, 0.5) is 10.5 Å². The van der Waals surface area contributed by atoms with Gasteiger partial charge in [-0.25, -0.2) is 10.2 Å². The van der Waals surface area contributed by atoms with E-state index < -0.39 is 6.09 Å². The van der Waals surface area contributed by atoms with Crippen LogP contribution in [0, 0.1) is 0 Å². The van der Waals surface area contributed by atoms with Crippen LogP contribution in [0.25, 0.3) is 0 Å². The van der Waals surface area contributed by atoms with Crippen molar-refractivity contribution >= 4 is 11.8 Å². The Labute approximate surface area is 119 Å². The van der Waals surface area contributed by atoms with Crippen LogP contribution in [-0.2, 0) is 4.74 Å². The Morgan fingerprint density at radius 2 is 2.05 bits per heavy atom. The third kappa shape index (κ3) is 4.53. The monoisotopic (exact) mass is 282 g/mol. The molecule has 0 aliphatic rings. The van der Waals surface area contributed by atoms with Crippen molar-refractivity contribution in [1.29, 1.82) is 0 Å². The number of amides is 1. The van der Waals surface area contributed by atoms with Crippen LogP contribution in [0.2, 0.25) is 0 Å². The summed E-state index contributed by atoms with van der Waals surface area (Å²) in [5.41, 5.74) is 3.33. The van der Waals surface area contributed by atoms with Crippen molar-refractivity contribution in [3.63, 3.8) is 0 Å². The molecule has 1 rings (SSSR count). The van der Waals surface area contributed by atoms with Gasteiger partial charge in [0.05, 0.1) is 26.5 Å². The molecule has 0 bridgehead atoms. The topological polar surface area (TPSA) is 60.0 Å². The van der Waals surface area contributed by atoms with E-state index in [1.807, 2.05) is 6.92 Å². The van der Waals surface area contributed by atoms with Gasteiger partial charge in [0.1, 0.15) is 11.5 Å². The van der Waals surface area contributed by atoms with Gasteiger partial charge in [-0.2, -0.15) is 0 Å². The quantitative estimate of drug-likeness (QED) is 0.615. The van der Waals surface area contributed by atoms with Crippen molar-refractivity contribution in [3.8, 4) is 11.5 Å². The summed E-state index contributed by atoms with van der Waals surface area (Å²) in [7, 11) is 4.86. The molecule has 1 aromatic carbocycles. The fraction of sp³-hybridized carbons (Fsp3) is 0.500. The Morgan fingerprint density at radius 1 is 1.30 bits per heavy atom. The van der Waals surface area contributed by atoms with Crippen LogP contribution in [-0.4, -0.2) is 34.0 Å². The van der Waals surface area contributed by atoms with Crippen LogP contribution >= 0.6 is 0 Å². The number of ether oxygens (including phenoxy) is 3. The third-order valence-electron chi connectivity index (χ3n) is 2.74. The van der Waals surface area contributed by atoms with Crippen molar-refractivity contribution < 1.29 is 19.0 Å². The van der Waals surface area contributed by atoms with Crippen LogP contribution in [0.5, 0.6) is 11.5 Å². The summed E-state index contributed by atoms with van der Waals surface area (Å²) in [6.45, 7) is 2.45. The first-order chi connectivity index (χ1) is 9.62. The van der Waals surface area contributed by atoms with Gasteiger partial charge in [-0.15, -0.1) is 0 Å². The Balaban J connectivity index is 2.66. The second kappa shape index (κ2) is 8.14. The van der Waals surface area contributed by atoms with Crippen LogP contribution in [0.3, 0.4) is 0 Å². The highest BCUT2D eigenvalue weighted by Gasteiger charge is 2.12. The largest absolute Gasteiger partial charge is 0.497 e. The van der Waals surface area contributed by atoms with Crippen molar-refractivity contribution in [2.24, 2.45) is 0 Å². The molecule has 0 aliphatic carbocycles. The first-order valence-corrected chi connectivity index (χ1v) is 6.51. The van der Waals surface area contributed by atoms with E-state index in [1.54, 1.807) is 44.5 Å². The molecule has 112 valence electrons. The smallest absolute Gasteiger partial charge is 0.426 e. The average molecular weight is 282 g/mol. The number of carbonyl (C=O) groups excluding carboxylic acids is 1. The first kappa shape index (κ1) is 15.9. The highest BCUT2D eigenvalue weighted by molar-refractivity contribution is 5.71. The minimum absolute atomic E-state index is 0.413. The predicted molar refractivity (Wildman–Crippen MR) is 77.3 cm³/mol. The highest BCUT2D eigenvalue weighted by Crippen LogP contribution is 2.30. The standard InChI is InChI=1S/C14H22N2O4/c1-5-6-9-20-14(17)15-16(2)12-8-7-11(18-3)10-13(12)19-4/h7-8,10H,5-6,9H2,1-4H3,(H,15,17). The van der Waals surface area contributed by atoms with Crippen molar-refractivity contribution in [3.05, 3.63) is 18.2 Å². The van der Waals surface area contributed by atoms with E-state index in [0.29, 0.717) is 23.8 Å². The summed E-state index contributed by atoms with van der Waals surface area (Å²) in [5.74, 6) is 1.28. The van der Waals surface area contributed by atoms with Crippen molar-refractivity contribution in [1.82, 2.24) is 5.43 Å². The molecule has 0 aliphatic heterocycles. The molecule has 0 aromatic heterocycles. The molecule has 0 saturated carbocycles. The number of carbonyl (C=O) groups is 1. The Kier molecular flexibility index (Phi) is 6.49. The maximum Gasteiger partial charge on any atom is 0.426 e. The van der Waals surface area contributed by atoms with Gasteiger partial charge in [-0.3, -0.25) is 5.01 Å². The predicted octanol–water partition coefficient (Wildman–Crippen LogP) is 2.58. The number of hydrogen-bond acceptors (Lipinski definition) is 5. The molecular formula is C14H22N2O4. The van der Waals surface area contributed by atoms with E-state index in [0.717, 1.165) is 12.8 Å². The second-order valence-corrected chi connectivity index (χ2v) is 4.20. The van der Waals surface area contributed by atoms with Crippen molar-refractivity contribution in [2.45, 2.75) is 19.8 Å². The van der Waals surface area contributed by atoms with Gasteiger partial charge in [0.15, 0.2) is 0 Å². The number of unbranched alkanes of at least 4 members (excludes halogenated alkanes) is 1. The summed E-state index contributed by atoms with van der Waals surface area (Å²) < 4.78 is 15.4. The fourth-order valence-electron chi connectivity index (χ4n) is 1.60. The Bertz CT molecular complexity index is 437. The minimum Gasteiger partial charge on any atom is -0.497 e. The summed E-state index contributed by atoms with van der Waals surface area (Å²) in [4.78, 5) is 11.6. The van der Waals surface area contributed by atoms with Gasteiger partial charge in [0.25, 0.3) is 0 Å². The fourth-order valence-corrected chi connectivity index (χ4v) is 1.60. The van der Waals surface area contributed by atoms with E-state index in [9.17, 15) is 4.79 Å².